The number of benzene rings is 3. The van der Waals surface area contributed by atoms with Gasteiger partial charge in [0.05, 0.1) is 10.7 Å². The number of amides is 1. The Morgan fingerprint density at radius 3 is 2.50 bits per heavy atom. The molecule has 0 aliphatic carbocycles. The predicted molar refractivity (Wildman–Crippen MR) is 127 cm³/mol. The maximum absolute atomic E-state index is 15.2. The van der Waals surface area contributed by atoms with Gasteiger partial charge >= 0.3 is 0 Å². The molecule has 1 aromatic heterocycles. The molecular weight excluding hydrogens is 448 g/mol. The minimum atomic E-state index is -0.624. The van der Waals surface area contributed by atoms with Gasteiger partial charge in [0.2, 0.25) is 0 Å². The normalized spacial score (nSPS) is 10.9. The highest BCUT2D eigenvalue weighted by molar-refractivity contribution is 6.31. The smallest absolute Gasteiger partial charge is 0.272 e. The zero-order valence-electron chi connectivity index (χ0n) is 17.3. The molecule has 32 heavy (non-hydrogen) atoms. The third-order valence-corrected chi connectivity index (χ3v) is 5.46. The van der Waals surface area contributed by atoms with Crippen LogP contribution in [0.5, 0.6) is 0 Å². The van der Waals surface area contributed by atoms with Gasteiger partial charge in [-0.15, -0.1) is 0 Å². The first kappa shape index (κ1) is 22.1. The van der Waals surface area contributed by atoms with Gasteiger partial charge in [-0.2, -0.15) is 0 Å². The van der Waals surface area contributed by atoms with E-state index in [0.717, 1.165) is 12.0 Å². The SMILES string of the molecule is CCCNC(=O)c1nc(-c2ccccc2)n(-c2cccc(Cl)c2)c1-c1cccc(Cl)c1F. The molecule has 0 saturated heterocycles. The van der Waals surface area contributed by atoms with E-state index in [1.807, 2.05) is 43.3 Å². The van der Waals surface area contributed by atoms with Crippen LogP contribution in [-0.2, 0) is 0 Å². The lowest BCUT2D eigenvalue weighted by Crippen LogP contribution is -2.25. The molecule has 0 unspecified atom stereocenters. The third kappa shape index (κ3) is 4.27. The molecule has 4 rings (SSSR count). The summed E-state index contributed by atoms with van der Waals surface area (Å²) in [5.74, 6) is -0.524. The fourth-order valence-electron chi connectivity index (χ4n) is 3.48. The van der Waals surface area contributed by atoms with E-state index in [0.29, 0.717) is 28.8 Å². The number of carbonyl (C=O) groups is 1. The highest BCUT2D eigenvalue weighted by Gasteiger charge is 2.27. The van der Waals surface area contributed by atoms with E-state index in [2.05, 4.69) is 10.3 Å². The predicted octanol–water partition coefficient (Wildman–Crippen LogP) is 6.79. The van der Waals surface area contributed by atoms with Crippen molar-refractivity contribution in [1.29, 1.82) is 0 Å². The van der Waals surface area contributed by atoms with Crippen molar-refractivity contribution in [3.63, 3.8) is 0 Å². The molecule has 0 aliphatic rings. The van der Waals surface area contributed by atoms with Gasteiger partial charge in [0, 0.05) is 28.4 Å². The highest BCUT2D eigenvalue weighted by Crippen LogP contribution is 2.36. The Bertz CT molecular complexity index is 1270. The van der Waals surface area contributed by atoms with Gasteiger partial charge in [-0.05, 0) is 36.8 Å². The number of halogens is 3. The summed E-state index contributed by atoms with van der Waals surface area (Å²) in [4.78, 5) is 17.8. The lowest BCUT2D eigenvalue weighted by Gasteiger charge is -2.15. The van der Waals surface area contributed by atoms with E-state index in [-0.39, 0.29) is 22.2 Å². The van der Waals surface area contributed by atoms with Crippen LogP contribution >= 0.6 is 23.2 Å². The molecule has 0 aliphatic heterocycles. The monoisotopic (exact) mass is 467 g/mol. The van der Waals surface area contributed by atoms with E-state index in [1.54, 1.807) is 34.9 Å². The standard InChI is InChI=1S/C25H20Cl2FN3O/c1-2-14-29-25(32)22-23(19-12-7-13-20(27)21(19)28)31(18-11-6-10-17(26)15-18)24(30-22)16-8-4-3-5-9-16/h3-13,15H,2,14H2,1H3,(H,29,32). The van der Waals surface area contributed by atoms with Crippen LogP contribution in [0.4, 0.5) is 4.39 Å². The first-order valence-corrected chi connectivity index (χ1v) is 10.9. The molecule has 0 radical (unpaired) electrons. The summed E-state index contributed by atoms with van der Waals surface area (Å²) in [5.41, 5.74) is 2.01. The summed E-state index contributed by atoms with van der Waals surface area (Å²) in [5, 5.41) is 3.32. The van der Waals surface area contributed by atoms with Crippen molar-refractivity contribution in [2.24, 2.45) is 0 Å². The molecular formula is C25H20Cl2FN3O. The van der Waals surface area contributed by atoms with Gasteiger partial charge < -0.3 is 5.32 Å². The molecule has 0 saturated carbocycles. The van der Waals surface area contributed by atoms with Gasteiger partial charge in [-0.25, -0.2) is 9.37 Å². The zero-order valence-corrected chi connectivity index (χ0v) is 18.8. The minimum absolute atomic E-state index is 0.0393. The number of aromatic nitrogens is 2. The van der Waals surface area contributed by atoms with Gasteiger partial charge in [-0.1, -0.05) is 72.6 Å². The van der Waals surface area contributed by atoms with Crippen molar-refractivity contribution >= 4 is 29.1 Å². The molecule has 7 heteroatoms. The average molecular weight is 468 g/mol. The van der Waals surface area contributed by atoms with Crippen molar-refractivity contribution in [2.75, 3.05) is 6.54 Å². The Hall–Kier alpha value is -3.15. The minimum Gasteiger partial charge on any atom is -0.351 e. The molecule has 1 heterocycles. The fraction of sp³-hybridized carbons (Fsp3) is 0.120. The van der Waals surface area contributed by atoms with Crippen molar-refractivity contribution in [1.82, 2.24) is 14.9 Å². The quantitative estimate of drug-likeness (QED) is 0.339. The van der Waals surface area contributed by atoms with Crippen molar-refractivity contribution in [3.8, 4) is 28.3 Å². The number of imidazole rings is 1. The lowest BCUT2D eigenvalue weighted by molar-refractivity contribution is 0.0950. The Labute approximate surface area is 195 Å². The maximum Gasteiger partial charge on any atom is 0.272 e. The number of hydrogen-bond acceptors (Lipinski definition) is 2. The Morgan fingerprint density at radius 2 is 1.78 bits per heavy atom. The topological polar surface area (TPSA) is 46.9 Å². The van der Waals surface area contributed by atoms with Crippen LogP contribution in [0.25, 0.3) is 28.3 Å². The second-order valence-electron chi connectivity index (χ2n) is 7.17. The first-order valence-electron chi connectivity index (χ1n) is 10.2. The molecule has 0 fully saturated rings. The number of rotatable bonds is 6. The van der Waals surface area contributed by atoms with E-state index < -0.39 is 5.82 Å². The van der Waals surface area contributed by atoms with E-state index in [9.17, 15) is 4.79 Å². The summed E-state index contributed by atoms with van der Waals surface area (Å²) in [6.45, 7) is 2.43. The van der Waals surface area contributed by atoms with Gasteiger partial charge in [0.25, 0.3) is 5.91 Å². The van der Waals surface area contributed by atoms with Crippen LogP contribution in [0.15, 0.2) is 72.8 Å². The molecule has 1 amide bonds. The second-order valence-corrected chi connectivity index (χ2v) is 8.01. The maximum atomic E-state index is 15.2. The van der Waals surface area contributed by atoms with Crippen molar-refractivity contribution in [3.05, 3.63) is 94.4 Å². The summed E-state index contributed by atoms with van der Waals surface area (Å²) >= 11 is 12.4. The number of carbonyl (C=O) groups excluding carboxylic acids is 1. The lowest BCUT2D eigenvalue weighted by atomic mass is 10.1. The Balaban J connectivity index is 2.09. The van der Waals surface area contributed by atoms with E-state index >= 15 is 4.39 Å². The number of hydrogen-bond donors (Lipinski definition) is 1. The molecule has 0 atom stereocenters. The number of nitrogens with zero attached hydrogens (tertiary/aromatic N) is 2. The van der Waals surface area contributed by atoms with Gasteiger partial charge in [-0.3, -0.25) is 9.36 Å². The average Bonchev–Trinajstić information content (AvgIpc) is 3.20. The molecule has 4 aromatic rings. The van der Waals surface area contributed by atoms with Crippen LogP contribution in [0, 0.1) is 5.82 Å². The Kier molecular flexibility index (Phi) is 6.58. The van der Waals surface area contributed by atoms with Crippen LogP contribution in [-0.4, -0.2) is 22.0 Å². The van der Waals surface area contributed by atoms with E-state index in [4.69, 9.17) is 23.2 Å². The molecule has 3 aromatic carbocycles. The Morgan fingerprint density at radius 1 is 1.03 bits per heavy atom. The third-order valence-electron chi connectivity index (χ3n) is 4.93. The van der Waals surface area contributed by atoms with E-state index in [1.165, 1.54) is 6.07 Å². The zero-order chi connectivity index (χ0) is 22.7. The van der Waals surface area contributed by atoms with Crippen LogP contribution in [0.2, 0.25) is 10.0 Å². The van der Waals surface area contributed by atoms with Crippen LogP contribution in [0.1, 0.15) is 23.8 Å². The van der Waals surface area contributed by atoms with Crippen LogP contribution < -0.4 is 5.32 Å². The first-order chi connectivity index (χ1) is 15.5. The summed E-state index contributed by atoms with van der Waals surface area (Å²) in [6.07, 6.45) is 0.757. The summed E-state index contributed by atoms with van der Waals surface area (Å²) < 4.78 is 17.0. The fourth-order valence-corrected chi connectivity index (χ4v) is 3.84. The molecule has 0 spiro atoms. The summed E-state index contributed by atoms with van der Waals surface area (Å²) in [7, 11) is 0. The molecule has 162 valence electrons. The van der Waals surface area contributed by atoms with Gasteiger partial charge in [0.1, 0.15) is 5.82 Å². The van der Waals surface area contributed by atoms with Crippen LogP contribution in [0.3, 0.4) is 0 Å². The highest BCUT2D eigenvalue weighted by atomic mass is 35.5. The largest absolute Gasteiger partial charge is 0.351 e. The van der Waals surface area contributed by atoms with Crippen molar-refractivity contribution in [2.45, 2.75) is 13.3 Å². The summed E-state index contributed by atoms with van der Waals surface area (Å²) in [6, 6.07) is 21.2. The van der Waals surface area contributed by atoms with Gasteiger partial charge in [0.15, 0.2) is 11.5 Å². The molecule has 1 N–H and O–H groups in total. The molecule has 0 bridgehead atoms. The number of nitrogens with one attached hydrogen (secondary N) is 1. The van der Waals surface area contributed by atoms with Crippen molar-refractivity contribution < 1.29 is 9.18 Å². The molecule has 4 nitrogen and oxygen atoms in total. The second kappa shape index (κ2) is 9.55.